The van der Waals surface area contributed by atoms with E-state index in [9.17, 15) is 10.1 Å². The van der Waals surface area contributed by atoms with Crippen molar-refractivity contribution >= 4 is 12.0 Å². The third kappa shape index (κ3) is 4.59. The van der Waals surface area contributed by atoms with E-state index in [0.29, 0.717) is 18.3 Å². The summed E-state index contributed by atoms with van der Waals surface area (Å²) >= 11 is 0. The molecule has 122 valence electrons. The zero-order valence-electron chi connectivity index (χ0n) is 13.8. The van der Waals surface area contributed by atoms with E-state index < -0.39 is 0 Å². The van der Waals surface area contributed by atoms with E-state index in [1.165, 1.54) is 6.42 Å². The van der Waals surface area contributed by atoms with Gasteiger partial charge in [-0.05, 0) is 37.8 Å². The minimum absolute atomic E-state index is 0.120. The Balaban J connectivity index is 2.15. The van der Waals surface area contributed by atoms with Crippen LogP contribution >= 0.6 is 0 Å². The van der Waals surface area contributed by atoms with Crippen LogP contribution in [0.3, 0.4) is 0 Å². The van der Waals surface area contributed by atoms with Crippen molar-refractivity contribution in [3.63, 3.8) is 0 Å². The van der Waals surface area contributed by atoms with Crippen LogP contribution in [0.1, 0.15) is 45.1 Å². The van der Waals surface area contributed by atoms with E-state index in [1.54, 1.807) is 6.08 Å². The number of ether oxygens (including phenoxy) is 1. The van der Waals surface area contributed by atoms with Crippen molar-refractivity contribution in [2.45, 2.75) is 45.6 Å². The predicted octanol–water partition coefficient (Wildman–Crippen LogP) is 3.69. The molecule has 0 spiro atoms. The number of nitriles is 1. The molecule has 0 aliphatic heterocycles. The average molecular weight is 312 g/mol. The van der Waals surface area contributed by atoms with Gasteiger partial charge in [-0.3, -0.25) is 4.79 Å². The number of nitrogens with one attached hydrogen (secondary N) is 1. The highest BCUT2D eigenvalue weighted by molar-refractivity contribution is 6.02. The van der Waals surface area contributed by atoms with Crippen molar-refractivity contribution in [3.05, 3.63) is 35.4 Å². The van der Waals surface area contributed by atoms with Crippen LogP contribution in [0, 0.1) is 17.2 Å². The Kier molecular flexibility index (Phi) is 6.22. The minimum Gasteiger partial charge on any atom is -0.493 e. The Morgan fingerprint density at radius 3 is 2.83 bits per heavy atom. The van der Waals surface area contributed by atoms with Crippen LogP contribution in [0.5, 0.6) is 5.75 Å². The Morgan fingerprint density at radius 2 is 2.13 bits per heavy atom. The van der Waals surface area contributed by atoms with Crippen molar-refractivity contribution in [1.82, 2.24) is 5.32 Å². The summed E-state index contributed by atoms with van der Waals surface area (Å²) in [4.78, 5) is 12.4. The summed E-state index contributed by atoms with van der Waals surface area (Å²) in [6.45, 7) is 4.60. The first kappa shape index (κ1) is 17.1. The molecule has 0 heterocycles. The van der Waals surface area contributed by atoms with Gasteiger partial charge in [0.2, 0.25) is 0 Å². The summed E-state index contributed by atoms with van der Waals surface area (Å²) in [6, 6.07) is 9.60. The van der Waals surface area contributed by atoms with Gasteiger partial charge < -0.3 is 10.1 Å². The molecule has 2 rings (SSSR count). The van der Waals surface area contributed by atoms with Gasteiger partial charge in [0.25, 0.3) is 5.91 Å². The van der Waals surface area contributed by atoms with E-state index >= 15 is 0 Å². The highest BCUT2D eigenvalue weighted by Gasteiger charge is 2.24. The zero-order chi connectivity index (χ0) is 16.7. The number of benzene rings is 1. The van der Waals surface area contributed by atoms with E-state index in [4.69, 9.17) is 4.74 Å². The zero-order valence-corrected chi connectivity index (χ0v) is 13.8. The van der Waals surface area contributed by atoms with E-state index in [-0.39, 0.29) is 17.5 Å². The minimum atomic E-state index is -0.294. The van der Waals surface area contributed by atoms with Crippen LogP contribution in [-0.2, 0) is 4.79 Å². The SMILES string of the molecule is CCOc1ccccc1/C=C(\C#N)C(=O)N[C@@H]1CCCC[C@@H]1C. The Hall–Kier alpha value is -2.28. The highest BCUT2D eigenvalue weighted by Crippen LogP contribution is 2.25. The number of carbonyl (C=O) groups is 1. The quantitative estimate of drug-likeness (QED) is 0.666. The molecule has 0 radical (unpaired) electrons. The van der Waals surface area contributed by atoms with Crippen LogP contribution in [-0.4, -0.2) is 18.6 Å². The summed E-state index contributed by atoms with van der Waals surface area (Å²) in [7, 11) is 0. The van der Waals surface area contributed by atoms with E-state index in [1.807, 2.05) is 37.3 Å². The van der Waals surface area contributed by atoms with Crippen molar-refractivity contribution in [2.75, 3.05) is 6.61 Å². The first-order valence-electron chi connectivity index (χ1n) is 8.30. The maximum absolute atomic E-state index is 12.4. The van der Waals surface area contributed by atoms with Crippen LogP contribution in [0.2, 0.25) is 0 Å². The Labute approximate surface area is 138 Å². The van der Waals surface area contributed by atoms with Crippen molar-refractivity contribution in [3.8, 4) is 11.8 Å². The number of para-hydroxylation sites is 1. The number of rotatable bonds is 5. The van der Waals surface area contributed by atoms with Gasteiger partial charge in [-0.1, -0.05) is 38.0 Å². The van der Waals surface area contributed by atoms with Crippen molar-refractivity contribution in [1.29, 1.82) is 5.26 Å². The van der Waals surface area contributed by atoms with Crippen LogP contribution in [0.25, 0.3) is 6.08 Å². The molecule has 1 N–H and O–H groups in total. The summed E-state index contributed by atoms with van der Waals surface area (Å²) in [5, 5.41) is 12.4. The summed E-state index contributed by atoms with van der Waals surface area (Å²) in [5.41, 5.74) is 0.868. The molecule has 0 unspecified atom stereocenters. The second-order valence-corrected chi connectivity index (χ2v) is 5.98. The van der Waals surface area contributed by atoms with Gasteiger partial charge in [0.15, 0.2) is 0 Å². The monoisotopic (exact) mass is 312 g/mol. The molecular formula is C19H24N2O2. The van der Waals surface area contributed by atoms with Crippen LogP contribution in [0.15, 0.2) is 29.8 Å². The number of nitrogens with zero attached hydrogens (tertiary/aromatic N) is 1. The molecule has 0 bridgehead atoms. The largest absolute Gasteiger partial charge is 0.493 e. The average Bonchev–Trinajstić information content (AvgIpc) is 2.56. The Bertz CT molecular complexity index is 616. The van der Waals surface area contributed by atoms with E-state index in [2.05, 4.69) is 12.2 Å². The van der Waals surface area contributed by atoms with Gasteiger partial charge in [-0.15, -0.1) is 0 Å². The lowest BCUT2D eigenvalue weighted by molar-refractivity contribution is -0.118. The standard InChI is InChI=1S/C19H24N2O2/c1-3-23-18-11-7-5-9-15(18)12-16(13-20)19(22)21-17-10-6-4-8-14(17)2/h5,7,9,11-12,14,17H,3-4,6,8,10H2,1-2H3,(H,21,22)/b16-12+/t14-,17+/m0/s1. The lowest BCUT2D eigenvalue weighted by Crippen LogP contribution is -2.41. The van der Waals surface area contributed by atoms with Gasteiger partial charge in [0.1, 0.15) is 17.4 Å². The summed E-state index contributed by atoms with van der Waals surface area (Å²) < 4.78 is 5.54. The maximum atomic E-state index is 12.4. The molecule has 0 saturated heterocycles. The fraction of sp³-hybridized carbons (Fsp3) is 0.474. The molecule has 23 heavy (non-hydrogen) atoms. The molecule has 2 atom stereocenters. The third-order valence-electron chi connectivity index (χ3n) is 4.31. The van der Waals surface area contributed by atoms with Crippen molar-refractivity contribution in [2.24, 2.45) is 5.92 Å². The molecule has 4 heteroatoms. The van der Waals surface area contributed by atoms with Crippen molar-refractivity contribution < 1.29 is 9.53 Å². The smallest absolute Gasteiger partial charge is 0.262 e. The lowest BCUT2D eigenvalue weighted by atomic mass is 9.86. The van der Waals surface area contributed by atoms with Gasteiger partial charge in [0, 0.05) is 11.6 Å². The second kappa shape index (κ2) is 8.38. The van der Waals surface area contributed by atoms with Gasteiger partial charge >= 0.3 is 0 Å². The summed E-state index contributed by atoms with van der Waals surface area (Å²) in [5.74, 6) is 0.850. The highest BCUT2D eigenvalue weighted by atomic mass is 16.5. The lowest BCUT2D eigenvalue weighted by Gasteiger charge is -2.29. The number of carbonyl (C=O) groups excluding carboxylic acids is 1. The molecule has 1 saturated carbocycles. The molecule has 1 aliphatic rings. The van der Waals surface area contributed by atoms with Crippen LogP contribution in [0.4, 0.5) is 0 Å². The number of hydrogen-bond acceptors (Lipinski definition) is 3. The maximum Gasteiger partial charge on any atom is 0.262 e. The normalized spacial score (nSPS) is 21.3. The second-order valence-electron chi connectivity index (χ2n) is 5.98. The molecule has 1 aromatic rings. The van der Waals surface area contributed by atoms with Gasteiger partial charge in [-0.25, -0.2) is 0 Å². The van der Waals surface area contributed by atoms with Gasteiger partial charge in [-0.2, -0.15) is 5.26 Å². The molecule has 1 amide bonds. The number of amides is 1. The fourth-order valence-corrected chi connectivity index (χ4v) is 2.97. The van der Waals surface area contributed by atoms with Gasteiger partial charge in [0.05, 0.1) is 6.61 Å². The first-order valence-corrected chi connectivity index (χ1v) is 8.30. The third-order valence-corrected chi connectivity index (χ3v) is 4.31. The molecule has 1 aromatic carbocycles. The molecule has 4 nitrogen and oxygen atoms in total. The molecular weight excluding hydrogens is 288 g/mol. The van der Waals surface area contributed by atoms with E-state index in [0.717, 1.165) is 24.8 Å². The molecule has 0 aromatic heterocycles. The fourth-order valence-electron chi connectivity index (χ4n) is 2.97. The van der Waals surface area contributed by atoms with Crippen LogP contribution < -0.4 is 10.1 Å². The number of hydrogen-bond donors (Lipinski definition) is 1. The predicted molar refractivity (Wildman–Crippen MR) is 90.8 cm³/mol. The first-order chi connectivity index (χ1) is 11.2. The molecule has 1 aliphatic carbocycles. The summed E-state index contributed by atoms with van der Waals surface area (Å²) in [6.07, 6.45) is 6.07. The topological polar surface area (TPSA) is 62.1 Å². The Morgan fingerprint density at radius 1 is 1.39 bits per heavy atom. The molecule has 1 fully saturated rings.